The van der Waals surface area contributed by atoms with Crippen LogP contribution in [-0.4, -0.2) is 61.8 Å². The number of hydrogen-bond donors (Lipinski definition) is 1. The first-order valence-electron chi connectivity index (χ1n) is 8.83. The summed E-state index contributed by atoms with van der Waals surface area (Å²) in [5, 5.41) is 6.89. The highest BCUT2D eigenvalue weighted by molar-refractivity contribution is 7.86. The molecule has 140 valence electrons. The third-order valence-electron chi connectivity index (χ3n) is 5.08. The van der Waals surface area contributed by atoms with E-state index in [2.05, 4.69) is 10.5 Å². The van der Waals surface area contributed by atoms with Crippen molar-refractivity contribution in [3.05, 3.63) is 17.0 Å². The molecule has 25 heavy (non-hydrogen) atoms. The van der Waals surface area contributed by atoms with Gasteiger partial charge in [0.15, 0.2) is 5.69 Å². The highest BCUT2D eigenvalue weighted by Crippen LogP contribution is 2.24. The Morgan fingerprint density at radius 3 is 2.64 bits per heavy atom. The Bertz CT molecular complexity index is 720. The van der Waals surface area contributed by atoms with Crippen LogP contribution in [0, 0.1) is 5.92 Å². The third kappa shape index (κ3) is 3.88. The van der Waals surface area contributed by atoms with Crippen molar-refractivity contribution in [3.63, 3.8) is 0 Å². The summed E-state index contributed by atoms with van der Waals surface area (Å²) < 4.78 is 32.3. The van der Waals surface area contributed by atoms with Gasteiger partial charge in [-0.15, -0.1) is 0 Å². The number of amides is 1. The molecular weight excluding hydrogens is 344 g/mol. The molecule has 0 radical (unpaired) electrons. The summed E-state index contributed by atoms with van der Waals surface area (Å²) in [6.45, 7) is 1.51. The molecule has 9 heteroatoms. The van der Waals surface area contributed by atoms with Crippen LogP contribution in [0.5, 0.6) is 0 Å². The standard InChI is InChI=1S/C16H26N4O4S/c1-19(2)25(22,23)20-9-7-12(8-10-20)11-17-16(21)15-13-5-3-4-6-14(13)24-18-15/h12H,3-11H2,1-2H3,(H,17,21). The van der Waals surface area contributed by atoms with Gasteiger partial charge >= 0.3 is 0 Å². The van der Waals surface area contributed by atoms with Gasteiger partial charge in [-0.2, -0.15) is 17.0 Å². The maximum absolute atomic E-state index is 12.4. The smallest absolute Gasteiger partial charge is 0.281 e. The lowest BCUT2D eigenvalue weighted by Gasteiger charge is -2.32. The third-order valence-corrected chi connectivity index (χ3v) is 7.02. The monoisotopic (exact) mass is 370 g/mol. The molecule has 1 fully saturated rings. The van der Waals surface area contributed by atoms with Crippen LogP contribution in [0.3, 0.4) is 0 Å². The number of aryl methyl sites for hydroxylation is 1. The lowest BCUT2D eigenvalue weighted by atomic mass is 9.96. The van der Waals surface area contributed by atoms with Crippen LogP contribution < -0.4 is 5.32 Å². The Morgan fingerprint density at radius 2 is 1.96 bits per heavy atom. The fraction of sp³-hybridized carbons (Fsp3) is 0.750. The fourth-order valence-electron chi connectivity index (χ4n) is 3.46. The van der Waals surface area contributed by atoms with E-state index in [0.29, 0.717) is 25.3 Å². The quantitative estimate of drug-likeness (QED) is 0.827. The summed E-state index contributed by atoms with van der Waals surface area (Å²) in [4.78, 5) is 12.4. The zero-order valence-electron chi connectivity index (χ0n) is 14.8. The van der Waals surface area contributed by atoms with E-state index in [1.54, 1.807) is 14.1 Å². The molecule has 1 aromatic rings. The molecule has 0 bridgehead atoms. The molecule has 1 aromatic heterocycles. The zero-order valence-corrected chi connectivity index (χ0v) is 15.6. The van der Waals surface area contributed by atoms with Crippen molar-refractivity contribution in [1.82, 2.24) is 19.1 Å². The fourth-order valence-corrected chi connectivity index (χ4v) is 4.59. The lowest BCUT2D eigenvalue weighted by Crippen LogP contribution is -2.46. The molecule has 0 saturated carbocycles. The van der Waals surface area contributed by atoms with E-state index >= 15 is 0 Å². The van der Waals surface area contributed by atoms with Crippen LogP contribution >= 0.6 is 0 Å². The molecule has 1 saturated heterocycles. The minimum absolute atomic E-state index is 0.185. The molecule has 1 aliphatic carbocycles. The summed E-state index contributed by atoms with van der Waals surface area (Å²) in [5.74, 6) is 0.939. The molecule has 3 rings (SSSR count). The van der Waals surface area contributed by atoms with Gasteiger partial charge in [-0.05, 0) is 38.0 Å². The van der Waals surface area contributed by atoms with Gasteiger partial charge in [0.1, 0.15) is 5.76 Å². The molecule has 8 nitrogen and oxygen atoms in total. The zero-order chi connectivity index (χ0) is 18.0. The minimum Gasteiger partial charge on any atom is -0.360 e. The minimum atomic E-state index is -3.34. The first-order valence-corrected chi connectivity index (χ1v) is 10.2. The molecule has 0 atom stereocenters. The molecule has 2 aliphatic rings. The van der Waals surface area contributed by atoms with Crippen LogP contribution in [0.1, 0.15) is 47.5 Å². The number of carbonyl (C=O) groups is 1. The van der Waals surface area contributed by atoms with Crippen molar-refractivity contribution in [3.8, 4) is 0 Å². The highest BCUT2D eigenvalue weighted by Gasteiger charge is 2.30. The van der Waals surface area contributed by atoms with Gasteiger partial charge in [-0.25, -0.2) is 0 Å². The van der Waals surface area contributed by atoms with Crippen molar-refractivity contribution in [2.24, 2.45) is 5.92 Å². The van der Waals surface area contributed by atoms with Crippen LogP contribution in [0.15, 0.2) is 4.52 Å². The van der Waals surface area contributed by atoms with Crippen molar-refractivity contribution in [2.45, 2.75) is 38.5 Å². The number of fused-ring (bicyclic) bond motifs is 1. The topological polar surface area (TPSA) is 95.8 Å². The van der Waals surface area contributed by atoms with Crippen molar-refractivity contribution in [1.29, 1.82) is 0 Å². The average molecular weight is 370 g/mol. The Balaban J connectivity index is 1.50. The molecule has 0 unspecified atom stereocenters. The predicted molar refractivity (Wildman–Crippen MR) is 92.4 cm³/mol. The van der Waals surface area contributed by atoms with E-state index in [-0.39, 0.29) is 11.8 Å². The Labute approximate surface area is 148 Å². The van der Waals surface area contributed by atoms with Crippen molar-refractivity contribution in [2.75, 3.05) is 33.7 Å². The second-order valence-electron chi connectivity index (χ2n) is 6.98. The van der Waals surface area contributed by atoms with Gasteiger partial charge in [0.25, 0.3) is 16.1 Å². The molecule has 1 N–H and O–H groups in total. The maximum Gasteiger partial charge on any atom is 0.281 e. The second-order valence-corrected chi connectivity index (χ2v) is 9.12. The van der Waals surface area contributed by atoms with E-state index in [4.69, 9.17) is 4.52 Å². The van der Waals surface area contributed by atoms with Crippen LogP contribution in [0.4, 0.5) is 0 Å². The van der Waals surface area contributed by atoms with Gasteiger partial charge in [0.05, 0.1) is 0 Å². The van der Waals surface area contributed by atoms with Gasteiger partial charge in [-0.3, -0.25) is 4.79 Å². The summed E-state index contributed by atoms with van der Waals surface area (Å²) in [6, 6.07) is 0. The summed E-state index contributed by atoms with van der Waals surface area (Å²) in [6.07, 6.45) is 5.33. The number of aromatic nitrogens is 1. The van der Waals surface area contributed by atoms with Crippen LogP contribution in [0.2, 0.25) is 0 Å². The summed E-state index contributed by atoms with van der Waals surface area (Å²) in [7, 11) is -0.260. The SMILES string of the molecule is CN(C)S(=O)(=O)N1CCC(CNC(=O)c2noc3c2CCCC3)CC1. The molecule has 2 heterocycles. The highest BCUT2D eigenvalue weighted by atomic mass is 32.2. The van der Waals surface area contributed by atoms with E-state index in [0.717, 1.165) is 49.8 Å². The maximum atomic E-state index is 12.4. The molecular formula is C16H26N4O4S. The predicted octanol–water partition coefficient (Wildman–Crippen LogP) is 0.802. The van der Waals surface area contributed by atoms with E-state index in [1.165, 1.54) is 8.61 Å². The van der Waals surface area contributed by atoms with Gasteiger partial charge in [-0.1, -0.05) is 5.16 Å². The first-order chi connectivity index (χ1) is 11.9. The van der Waals surface area contributed by atoms with Crippen molar-refractivity contribution < 1.29 is 17.7 Å². The van der Waals surface area contributed by atoms with Crippen molar-refractivity contribution >= 4 is 16.1 Å². The van der Waals surface area contributed by atoms with E-state index in [1.807, 2.05) is 0 Å². The molecule has 0 aromatic carbocycles. The number of hydrogen-bond acceptors (Lipinski definition) is 5. The Morgan fingerprint density at radius 1 is 1.28 bits per heavy atom. The van der Waals surface area contributed by atoms with Gasteiger partial charge in [0.2, 0.25) is 0 Å². The van der Waals surface area contributed by atoms with Gasteiger partial charge in [0, 0.05) is 45.7 Å². The van der Waals surface area contributed by atoms with E-state index in [9.17, 15) is 13.2 Å². The number of nitrogens with one attached hydrogen (secondary N) is 1. The normalized spacial score (nSPS) is 19.8. The second kappa shape index (κ2) is 7.43. The summed E-state index contributed by atoms with van der Waals surface area (Å²) >= 11 is 0. The number of piperidine rings is 1. The lowest BCUT2D eigenvalue weighted by molar-refractivity contribution is 0.0931. The van der Waals surface area contributed by atoms with Gasteiger partial charge < -0.3 is 9.84 Å². The molecule has 1 aliphatic heterocycles. The number of rotatable bonds is 5. The first kappa shape index (κ1) is 18.3. The molecule has 0 spiro atoms. The molecule has 1 amide bonds. The largest absolute Gasteiger partial charge is 0.360 e. The average Bonchev–Trinajstić information content (AvgIpc) is 3.04. The number of carbonyl (C=O) groups excluding carboxylic acids is 1. The van der Waals surface area contributed by atoms with Crippen LogP contribution in [0.25, 0.3) is 0 Å². The number of nitrogens with zero attached hydrogens (tertiary/aromatic N) is 3. The van der Waals surface area contributed by atoms with E-state index < -0.39 is 10.2 Å². The summed E-state index contributed by atoms with van der Waals surface area (Å²) in [5.41, 5.74) is 1.37. The Hall–Kier alpha value is -1.45. The van der Waals surface area contributed by atoms with Crippen LogP contribution in [-0.2, 0) is 23.1 Å². The Kier molecular flexibility index (Phi) is 5.45.